The molecular weight excluding hydrogens is 513 g/mol. The Morgan fingerprint density at radius 1 is 1.18 bits per heavy atom. The second-order valence-corrected chi connectivity index (χ2v) is 10.5. The van der Waals surface area contributed by atoms with Crippen molar-refractivity contribution in [1.82, 2.24) is 25.4 Å². The number of carbonyl (C=O) groups excluding carboxylic acids is 3. The first-order valence-electron chi connectivity index (χ1n) is 13.0. The van der Waals surface area contributed by atoms with Gasteiger partial charge in [0.15, 0.2) is 11.4 Å². The molecule has 6 rings (SSSR count). The SMILES string of the molecule is Cc1c(C(=O)c2cnc3[nH]ncc3c2)ccc2c1C1(CCNCC1)C(=O)N2CC(=O)N1CCC[C@@H]1C(F)(F)F. The largest absolute Gasteiger partial charge is 0.408 e. The molecule has 204 valence electrons. The van der Waals surface area contributed by atoms with E-state index in [2.05, 4.69) is 20.5 Å². The number of alkyl halides is 3. The third kappa shape index (κ3) is 4.00. The number of likely N-dealkylation sites (tertiary alicyclic amines) is 1. The Bertz CT molecular complexity index is 1490. The highest BCUT2D eigenvalue weighted by Gasteiger charge is 2.54. The molecule has 2 fully saturated rings. The van der Waals surface area contributed by atoms with Crippen molar-refractivity contribution in [3.8, 4) is 0 Å². The van der Waals surface area contributed by atoms with Crippen LogP contribution in [0.1, 0.15) is 52.7 Å². The summed E-state index contributed by atoms with van der Waals surface area (Å²) in [6.07, 6.45) is -0.428. The minimum Gasteiger partial charge on any atom is -0.329 e. The molecule has 0 aliphatic carbocycles. The van der Waals surface area contributed by atoms with Gasteiger partial charge in [-0.2, -0.15) is 18.3 Å². The minimum atomic E-state index is -4.52. The Kier molecular flexibility index (Phi) is 5.97. The first kappa shape index (κ1) is 25.5. The molecule has 3 aliphatic heterocycles. The predicted molar refractivity (Wildman–Crippen MR) is 135 cm³/mol. The Morgan fingerprint density at radius 2 is 1.95 bits per heavy atom. The molecule has 0 radical (unpaired) electrons. The number of pyridine rings is 1. The zero-order valence-electron chi connectivity index (χ0n) is 21.3. The molecule has 2 saturated heterocycles. The lowest BCUT2D eigenvalue weighted by Gasteiger charge is -2.34. The van der Waals surface area contributed by atoms with Crippen molar-refractivity contribution < 1.29 is 27.6 Å². The zero-order valence-corrected chi connectivity index (χ0v) is 21.3. The van der Waals surface area contributed by atoms with Crippen molar-refractivity contribution in [2.24, 2.45) is 0 Å². The molecule has 0 saturated carbocycles. The van der Waals surface area contributed by atoms with Crippen LogP contribution >= 0.6 is 0 Å². The molecule has 1 atom stereocenters. The molecule has 5 heterocycles. The number of carbonyl (C=O) groups is 3. The molecule has 2 aromatic heterocycles. The van der Waals surface area contributed by atoms with Crippen LogP contribution in [0.2, 0.25) is 0 Å². The maximum Gasteiger partial charge on any atom is 0.408 e. The molecule has 0 bridgehead atoms. The molecule has 1 spiro atoms. The molecule has 12 heteroatoms. The van der Waals surface area contributed by atoms with E-state index in [-0.39, 0.29) is 31.1 Å². The number of amides is 2. The van der Waals surface area contributed by atoms with Crippen LogP contribution in [-0.4, -0.2) is 76.1 Å². The summed E-state index contributed by atoms with van der Waals surface area (Å²) < 4.78 is 40.6. The van der Waals surface area contributed by atoms with Crippen molar-refractivity contribution in [2.75, 3.05) is 31.1 Å². The third-order valence-corrected chi connectivity index (χ3v) is 8.37. The number of halogens is 3. The summed E-state index contributed by atoms with van der Waals surface area (Å²) in [4.78, 5) is 47.2. The van der Waals surface area contributed by atoms with Crippen LogP contribution in [0.4, 0.5) is 18.9 Å². The third-order valence-electron chi connectivity index (χ3n) is 8.37. The van der Waals surface area contributed by atoms with Gasteiger partial charge in [0.1, 0.15) is 12.6 Å². The Balaban J connectivity index is 1.38. The topological polar surface area (TPSA) is 111 Å². The van der Waals surface area contributed by atoms with Crippen molar-refractivity contribution >= 4 is 34.3 Å². The van der Waals surface area contributed by atoms with Gasteiger partial charge in [0.05, 0.1) is 11.6 Å². The molecule has 3 aliphatic rings. The van der Waals surface area contributed by atoms with Gasteiger partial charge in [-0.25, -0.2) is 4.98 Å². The maximum absolute atomic E-state index is 14.0. The minimum absolute atomic E-state index is 0.00840. The molecule has 9 nitrogen and oxygen atoms in total. The molecule has 39 heavy (non-hydrogen) atoms. The van der Waals surface area contributed by atoms with E-state index < -0.39 is 30.1 Å². The van der Waals surface area contributed by atoms with Gasteiger partial charge in [-0.15, -0.1) is 0 Å². The van der Waals surface area contributed by atoms with Crippen molar-refractivity contribution in [2.45, 2.75) is 50.2 Å². The smallest absolute Gasteiger partial charge is 0.329 e. The number of ketones is 1. The number of benzene rings is 1. The number of hydrogen-bond acceptors (Lipinski definition) is 6. The number of nitrogens with zero attached hydrogens (tertiary/aromatic N) is 4. The Hall–Kier alpha value is -3.80. The first-order valence-corrected chi connectivity index (χ1v) is 13.0. The predicted octanol–water partition coefficient (Wildman–Crippen LogP) is 3.02. The standard InChI is InChI=1S/C27H27F3N6O3/c1-15-18(23(38)16-11-17-13-33-34-24(17)32-12-16)4-5-19-22(15)26(6-8-31-9-7-26)25(39)36(19)14-21(37)35-10-2-3-20(35)27(28,29)30/h4-5,11-13,20,31H,2-3,6-10,14H2,1H3,(H,32,33,34)/t20-/m1/s1. The molecule has 3 aromatic rings. The van der Waals surface area contributed by atoms with E-state index in [9.17, 15) is 27.6 Å². The fraction of sp³-hybridized carbons (Fsp3) is 0.444. The van der Waals surface area contributed by atoms with E-state index >= 15 is 0 Å². The summed E-state index contributed by atoms with van der Waals surface area (Å²) in [5, 5.41) is 10.6. The number of hydrogen-bond donors (Lipinski definition) is 2. The van der Waals surface area contributed by atoms with Gasteiger partial charge in [-0.3, -0.25) is 19.5 Å². The van der Waals surface area contributed by atoms with E-state index in [1.54, 1.807) is 31.3 Å². The molecule has 0 unspecified atom stereocenters. The van der Waals surface area contributed by atoms with E-state index in [4.69, 9.17) is 0 Å². The first-order chi connectivity index (χ1) is 18.6. The summed E-state index contributed by atoms with van der Waals surface area (Å²) in [7, 11) is 0. The summed E-state index contributed by atoms with van der Waals surface area (Å²) in [6, 6.07) is 3.13. The lowest BCUT2D eigenvalue weighted by atomic mass is 9.71. The summed E-state index contributed by atoms with van der Waals surface area (Å²) in [6.45, 7) is 2.45. The highest BCUT2D eigenvalue weighted by molar-refractivity contribution is 6.15. The number of H-pyrrole nitrogens is 1. The highest BCUT2D eigenvalue weighted by atomic mass is 19.4. The van der Waals surface area contributed by atoms with Gasteiger partial charge in [-0.05, 0) is 75.0 Å². The number of anilines is 1. The van der Waals surface area contributed by atoms with E-state index in [1.165, 1.54) is 11.1 Å². The second kappa shape index (κ2) is 9.15. The normalized spacial score (nSPS) is 20.7. The van der Waals surface area contributed by atoms with Gasteiger partial charge in [0.2, 0.25) is 11.8 Å². The van der Waals surface area contributed by atoms with Gasteiger partial charge in [0, 0.05) is 34.9 Å². The fourth-order valence-corrected chi connectivity index (χ4v) is 6.47. The van der Waals surface area contributed by atoms with Crippen molar-refractivity contribution in [3.63, 3.8) is 0 Å². The van der Waals surface area contributed by atoms with Crippen molar-refractivity contribution in [3.05, 3.63) is 52.8 Å². The summed E-state index contributed by atoms with van der Waals surface area (Å²) in [5.74, 6) is -1.29. The maximum atomic E-state index is 14.0. The molecule has 2 N–H and O–H groups in total. The lowest BCUT2D eigenvalue weighted by Crippen LogP contribution is -2.52. The summed E-state index contributed by atoms with van der Waals surface area (Å²) >= 11 is 0. The number of aromatic amines is 1. The van der Waals surface area contributed by atoms with Crippen LogP contribution in [0, 0.1) is 6.92 Å². The van der Waals surface area contributed by atoms with Gasteiger partial charge in [-0.1, -0.05) is 0 Å². The average molecular weight is 541 g/mol. The number of fused-ring (bicyclic) bond motifs is 3. The zero-order chi connectivity index (χ0) is 27.5. The van der Waals surface area contributed by atoms with Gasteiger partial charge in [0.25, 0.3) is 0 Å². The highest BCUT2D eigenvalue weighted by Crippen LogP contribution is 2.49. The van der Waals surface area contributed by atoms with E-state index in [0.717, 1.165) is 4.90 Å². The quantitative estimate of drug-likeness (QED) is 0.493. The second-order valence-electron chi connectivity index (χ2n) is 10.5. The number of piperidine rings is 1. The monoisotopic (exact) mass is 540 g/mol. The van der Waals surface area contributed by atoms with Crippen LogP contribution < -0.4 is 10.2 Å². The summed E-state index contributed by atoms with van der Waals surface area (Å²) in [5.41, 5.74) is 2.17. The lowest BCUT2D eigenvalue weighted by molar-refractivity contribution is -0.182. The molecular formula is C27H27F3N6O3. The molecule has 1 aromatic carbocycles. The van der Waals surface area contributed by atoms with Crippen LogP contribution in [0.15, 0.2) is 30.6 Å². The number of nitrogens with one attached hydrogen (secondary N) is 2. The Labute approximate surface area is 221 Å². The average Bonchev–Trinajstić information content (AvgIpc) is 3.64. The Morgan fingerprint density at radius 3 is 2.69 bits per heavy atom. The molecule has 2 amide bonds. The van der Waals surface area contributed by atoms with E-state index in [1.807, 2.05) is 0 Å². The fourth-order valence-electron chi connectivity index (χ4n) is 6.47. The van der Waals surface area contributed by atoms with Gasteiger partial charge < -0.3 is 15.1 Å². The van der Waals surface area contributed by atoms with Gasteiger partial charge >= 0.3 is 6.18 Å². The van der Waals surface area contributed by atoms with Crippen LogP contribution in [-0.2, 0) is 15.0 Å². The van der Waals surface area contributed by atoms with Crippen LogP contribution in [0.3, 0.4) is 0 Å². The number of rotatable bonds is 4. The van der Waals surface area contributed by atoms with E-state index in [0.29, 0.717) is 64.9 Å². The number of aromatic nitrogens is 3. The van der Waals surface area contributed by atoms with Crippen molar-refractivity contribution in [1.29, 1.82) is 0 Å². The van der Waals surface area contributed by atoms with Crippen LogP contribution in [0.5, 0.6) is 0 Å². The van der Waals surface area contributed by atoms with Crippen LogP contribution in [0.25, 0.3) is 11.0 Å².